The van der Waals surface area contributed by atoms with E-state index in [4.69, 9.17) is 0 Å². The van der Waals surface area contributed by atoms with Crippen molar-refractivity contribution in [2.75, 3.05) is 19.6 Å². The maximum atomic E-state index is 13.4. The third kappa shape index (κ3) is 2.71. The molecule has 0 bridgehead atoms. The summed E-state index contributed by atoms with van der Waals surface area (Å²) in [6.07, 6.45) is 10.9. The van der Waals surface area contributed by atoms with E-state index < -0.39 is 0 Å². The lowest BCUT2D eigenvalue weighted by Crippen LogP contribution is -2.56. The molecule has 7 atom stereocenters. The lowest BCUT2D eigenvalue weighted by atomic mass is 9.61. The second-order valence-corrected chi connectivity index (χ2v) is 8.92. The Morgan fingerprint density at radius 3 is 2.50 bits per heavy atom. The van der Waals surface area contributed by atoms with E-state index in [1.54, 1.807) is 0 Å². The van der Waals surface area contributed by atoms with Crippen LogP contribution >= 0.6 is 0 Å². The van der Waals surface area contributed by atoms with Crippen LogP contribution in [0.2, 0.25) is 0 Å². The first-order chi connectivity index (χ1) is 11.7. The Kier molecular flexibility index (Phi) is 4.90. The standard InChI is InChI=1S/C21H36N2O/c1-3-23(4-2)21(24)18-13-15-9-7-11-22-20(15)17-12-14-8-5-6-10-16(14)19(17)18/h14-20,22H,3-13H2,1-2H3. The van der Waals surface area contributed by atoms with Crippen molar-refractivity contribution < 1.29 is 4.79 Å². The maximum absolute atomic E-state index is 13.4. The van der Waals surface area contributed by atoms with Crippen molar-refractivity contribution >= 4 is 5.91 Å². The first-order valence-electron chi connectivity index (χ1n) is 10.8. The van der Waals surface area contributed by atoms with Crippen LogP contribution in [0, 0.1) is 35.5 Å². The minimum Gasteiger partial charge on any atom is -0.343 e. The summed E-state index contributed by atoms with van der Waals surface area (Å²) >= 11 is 0. The molecule has 24 heavy (non-hydrogen) atoms. The highest BCUT2D eigenvalue weighted by molar-refractivity contribution is 5.79. The van der Waals surface area contributed by atoms with Crippen molar-refractivity contribution in [2.45, 2.75) is 71.3 Å². The number of hydrogen-bond donors (Lipinski definition) is 1. The van der Waals surface area contributed by atoms with Gasteiger partial charge in [0.2, 0.25) is 5.91 Å². The molecular formula is C21H36N2O. The number of piperidine rings is 1. The van der Waals surface area contributed by atoms with Crippen LogP contribution in [0.5, 0.6) is 0 Å². The van der Waals surface area contributed by atoms with Crippen LogP contribution in [0.25, 0.3) is 0 Å². The summed E-state index contributed by atoms with van der Waals surface area (Å²) in [5.41, 5.74) is 0. The van der Waals surface area contributed by atoms with Gasteiger partial charge >= 0.3 is 0 Å². The predicted molar refractivity (Wildman–Crippen MR) is 97.6 cm³/mol. The van der Waals surface area contributed by atoms with Crippen molar-refractivity contribution in [3.8, 4) is 0 Å². The zero-order valence-electron chi connectivity index (χ0n) is 15.7. The van der Waals surface area contributed by atoms with Crippen LogP contribution in [0.3, 0.4) is 0 Å². The Morgan fingerprint density at radius 2 is 1.71 bits per heavy atom. The molecular weight excluding hydrogens is 296 g/mol. The Hall–Kier alpha value is -0.570. The zero-order valence-corrected chi connectivity index (χ0v) is 15.7. The number of carbonyl (C=O) groups excluding carboxylic acids is 1. The van der Waals surface area contributed by atoms with Gasteiger partial charge in [-0.3, -0.25) is 4.79 Å². The highest BCUT2D eigenvalue weighted by Gasteiger charge is 2.56. The Morgan fingerprint density at radius 1 is 0.958 bits per heavy atom. The van der Waals surface area contributed by atoms with Gasteiger partial charge in [0.25, 0.3) is 0 Å². The largest absolute Gasteiger partial charge is 0.343 e. The first kappa shape index (κ1) is 16.9. The van der Waals surface area contributed by atoms with Gasteiger partial charge in [-0.15, -0.1) is 0 Å². The monoisotopic (exact) mass is 332 g/mol. The summed E-state index contributed by atoms with van der Waals surface area (Å²) < 4.78 is 0. The van der Waals surface area contributed by atoms with Crippen molar-refractivity contribution in [1.82, 2.24) is 10.2 Å². The van der Waals surface area contributed by atoms with Crippen LogP contribution in [0.4, 0.5) is 0 Å². The van der Waals surface area contributed by atoms with Gasteiger partial charge in [0, 0.05) is 25.0 Å². The summed E-state index contributed by atoms with van der Waals surface area (Å²) in [6.45, 7) is 7.25. The number of fused-ring (bicyclic) bond motifs is 5. The van der Waals surface area contributed by atoms with E-state index in [0.717, 1.165) is 49.2 Å². The molecule has 4 fully saturated rings. The maximum Gasteiger partial charge on any atom is 0.225 e. The van der Waals surface area contributed by atoms with Gasteiger partial charge in [0.1, 0.15) is 0 Å². The van der Waals surface area contributed by atoms with Crippen molar-refractivity contribution in [1.29, 1.82) is 0 Å². The van der Waals surface area contributed by atoms with Crippen molar-refractivity contribution in [2.24, 2.45) is 35.5 Å². The highest BCUT2D eigenvalue weighted by atomic mass is 16.2. The quantitative estimate of drug-likeness (QED) is 0.855. The number of nitrogens with zero attached hydrogens (tertiary/aromatic N) is 1. The van der Waals surface area contributed by atoms with E-state index in [1.165, 1.54) is 51.5 Å². The van der Waals surface area contributed by atoms with Gasteiger partial charge in [0.05, 0.1) is 0 Å². The number of rotatable bonds is 3. The molecule has 1 heterocycles. The van der Waals surface area contributed by atoms with Gasteiger partial charge < -0.3 is 10.2 Å². The molecule has 7 unspecified atom stereocenters. The van der Waals surface area contributed by atoms with Crippen LogP contribution in [0.1, 0.15) is 65.2 Å². The summed E-state index contributed by atoms with van der Waals surface area (Å²) in [6, 6.07) is 0.718. The van der Waals surface area contributed by atoms with E-state index >= 15 is 0 Å². The van der Waals surface area contributed by atoms with E-state index in [2.05, 4.69) is 24.1 Å². The average molecular weight is 333 g/mol. The molecule has 0 aromatic rings. The van der Waals surface area contributed by atoms with Crippen LogP contribution in [0.15, 0.2) is 0 Å². The third-order valence-electron chi connectivity index (χ3n) is 8.05. The minimum absolute atomic E-state index is 0.323. The molecule has 1 N–H and O–H groups in total. The molecule has 0 aromatic carbocycles. The van der Waals surface area contributed by atoms with Crippen molar-refractivity contribution in [3.05, 3.63) is 0 Å². The Bertz CT molecular complexity index is 461. The fraction of sp³-hybridized carbons (Fsp3) is 0.952. The predicted octanol–water partition coefficient (Wildman–Crippen LogP) is 3.69. The summed E-state index contributed by atoms with van der Waals surface area (Å²) in [5, 5.41) is 3.89. The molecule has 3 nitrogen and oxygen atoms in total. The fourth-order valence-corrected chi connectivity index (χ4v) is 7.11. The van der Waals surface area contributed by atoms with Crippen LogP contribution in [-0.4, -0.2) is 36.5 Å². The molecule has 4 rings (SSSR count). The van der Waals surface area contributed by atoms with Gasteiger partial charge in [0.15, 0.2) is 0 Å². The summed E-state index contributed by atoms with van der Waals surface area (Å²) in [5.74, 6) is 4.79. The van der Waals surface area contributed by atoms with Crippen molar-refractivity contribution in [3.63, 3.8) is 0 Å². The van der Waals surface area contributed by atoms with Gasteiger partial charge in [-0.1, -0.05) is 19.3 Å². The smallest absolute Gasteiger partial charge is 0.225 e. The molecule has 0 aromatic heterocycles. The molecule has 3 saturated carbocycles. The van der Waals surface area contributed by atoms with Gasteiger partial charge in [-0.2, -0.15) is 0 Å². The molecule has 1 saturated heterocycles. The van der Waals surface area contributed by atoms with E-state index in [1.807, 2.05) is 0 Å². The Labute approximate surface area is 147 Å². The third-order valence-corrected chi connectivity index (χ3v) is 8.05. The number of carbonyl (C=O) groups is 1. The second-order valence-electron chi connectivity index (χ2n) is 8.92. The van der Waals surface area contributed by atoms with Gasteiger partial charge in [-0.25, -0.2) is 0 Å². The Balaban J connectivity index is 1.63. The molecule has 136 valence electrons. The molecule has 1 amide bonds. The molecule has 3 aliphatic carbocycles. The van der Waals surface area contributed by atoms with E-state index in [0.29, 0.717) is 17.7 Å². The highest BCUT2D eigenvalue weighted by Crippen LogP contribution is 2.58. The number of amides is 1. The topological polar surface area (TPSA) is 32.3 Å². The molecule has 3 heteroatoms. The van der Waals surface area contributed by atoms with Crippen LogP contribution in [-0.2, 0) is 4.79 Å². The van der Waals surface area contributed by atoms with E-state index in [9.17, 15) is 4.79 Å². The molecule has 0 spiro atoms. The molecule has 0 radical (unpaired) electrons. The molecule has 1 aliphatic heterocycles. The summed E-state index contributed by atoms with van der Waals surface area (Å²) in [7, 11) is 0. The lowest BCUT2D eigenvalue weighted by Gasteiger charge is -2.49. The number of hydrogen-bond acceptors (Lipinski definition) is 2. The van der Waals surface area contributed by atoms with Crippen LogP contribution < -0.4 is 5.32 Å². The number of nitrogens with one attached hydrogen (secondary N) is 1. The summed E-state index contributed by atoms with van der Waals surface area (Å²) in [4.78, 5) is 15.5. The first-order valence-corrected chi connectivity index (χ1v) is 10.8. The molecule has 4 aliphatic rings. The normalized spacial score (nSPS) is 44.3. The van der Waals surface area contributed by atoms with E-state index in [-0.39, 0.29) is 0 Å². The fourth-order valence-electron chi connectivity index (χ4n) is 7.11. The van der Waals surface area contributed by atoms with Gasteiger partial charge in [-0.05, 0) is 82.1 Å². The minimum atomic E-state index is 0.323. The average Bonchev–Trinajstić information content (AvgIpc) is 3.02. The second kappa shape index (κ2) is 6.97. The zero-order chi connectivity index (χ0) is 16.7. The SMILES string of the molecule is CCN(CC)C(=O)C1CC2CCCNC2C2CC3CCCCC3C12. The lowest BCUT2D eigenvalue weighted by molar-refractivity contribution is -0.142.